The van der Waals surface area contributed by atoms with E-state index in [1.54, 1.807) is 23.1 Å². The molecule has 1 aromatic heterocycles. The lowest BCUT2D eigenvalue weighted by Crippen LogP contribution is -2.26. The molecule has 2 aromatic carbocycles. The molecule has 0 unspecified atom stereocenters. The largest absolute Gasteiger partial charge is 0.312 e. The van der Waals surface area contributed by atoms with Crippen molar-refractivity contribution in [2.75, 3.05) is 18.0 Å². The third-order valence-electron chi connectivity index (χ3n) is 5.53. The van der Waals surface area contributed by atoms with Crippen molar-refractivity contribution in [1.29, 1.82) is 0 Å². The number of anilines is 1. The van der Waals surface area contributed by atoms with E-state index in [9.17, 15) is 13.2 Å². The molecule has 8 heteroatoms. The third-order valence-corrected chi connectivity index (χ3v) is 6.99. The molecule has 1 aliphatic heterocycles. The lowest BCUT2D eigenvalue weighted by Gasteiger charge is -2.15. The van der Waals surface area contributed by atoms with Crippen molar-refractivity contribution >= 4 is 21.6 Å². The highest BCUT2D eigenvalue weighted by Crippen LogP contribution is 2.30. The minimum absolute atomic E-state index is 0.0312. The number of nitrogens with one attached hydrogen (secondary N) is 1. The molecule has 0 saturated heterocycles. The molecule has 4 rings (SSSR count). The van der Waals surface area contributed by atoms with Gasteiger partial charge in [-0.3, -0.25) is 4.79 Å². The molecule has 0 bridgehead atoms. The fraction of sp³-hybridized carbons (Fsp3) is 0.304. The number of fused-ring (bicyclic) bond motifs is 1. The van der Waals surface area contributed by atoms with Crippen molar-refractivity contribution in [1.82, 2.24) is 14.5 Å². The van der Waals surface area contributed by atoms with Crippen LogP contribution in [0.2, 0.25) is 0 Å². The number of sulfonamides is 1. The number of amides is 1. The first kappa shape index (κ1) is 21.3. The number of carbonyl (C=O) groups is 1. The van der Waals surface area contributed by atoms with E-state index in [2.05, 4.69) is 9.82 Å². The average molecular weight is 439 g/mol. The van der Waals surface area contributed by atoms with Crippen LogP contribution in [0.1, 0.15) is 29.4 Å². The molecule has 162 valence electrons. The molecular formula is C23H26N4O3S. The monoisotopic (exact) mass is 438 g/mol. The van der Waals surface area contributed by atoms with E-state index in [1.807, 2.05) is 48.9 Å². The maximum absolute atomic E-state index is 12.7. The summed E-state index contributed by atoms with van der Waals surface area (Å²) in [6.07, 6.45) is 1.25. The molecule has 0 radical (unpaired) electrons. The van der Waals surface area contributed by atoms with Crippen molar-refractivity contribution in [3.63, 3.8) is 0 Å². The number of aromatic nitrogens is 2. The number of aryl methyl sites for hydroxylation is 2. The number of hydrogen-bond acceptors (Lipinski definition) is 4. The van der Waals surface area contributed by atoms with Crippen molar-refractivity contribution in [3.8, 4) is 5.69 Å². The summed E-state index contributed by atoms with van der Waals surface area (Å²) < 4.78 is 30.0. The Hall–Kier alpha value is -2.97. The Morgan fingerprint density at radius 1 is 1.10 bits per heavy atom. The van der Waals surface area contributed by atoms with Crippen LogP contribution >= 0.6 is 0 Å². The van der Waals surface area contributed by atoms with Crippen LogP contribution in [-0.4, -0.2) is 37.2 Å². The summed E-state index contributed by atoms with van der Waals surface area (Å²) in [7, 11) is -3.61. The normalized spacial score (nSPS) is 13.5. The summed E-state index contributed by atoms with van der Waals surface area (Å²) in [5.74, 6) is -0.0312. The van der Waals surface area contributed by atoms with Gasteiger partial charge in [0, 0.05) is 31.4 Å². The predicted octanol–water partition coefficient (Wildman–Crippen LogP) is 2.92. The predicted molar refractivity (Wildman–Crippen MR) is 120 cm³/mol. The molecule has 1 aliphatic rings. The molecule has 1 N–H and O–H groups in total. The smallest absolute Gasteiger partial charge is 0.240 e. The summed E-state index contributed by atoms with van der Waals surface area (Å²) in [4.78, 5) is 13.6. The van der Waals surface area contributed by atoms with Crippen molar-refractivity contribution in [3.05, 3.63) is 71.0 Å². The Morgan fingerprint density at radius 3 is 2.48 bits per heavy atom. The first-order valence-electron chi connectivity index (χ1n) is 10.3. The fourth-order valence-electron chi connectivity index (χ4n) is 3.98. The molecule has 31 heavy (non-hydrogen) atoms. The molecule has 0 aliphatic carbocycles. The Kier molecular flexibility index (Phi) is 5.68. The Labute approximate surface area is 182 Å². The summed E-state index contributed by atoms with van der Waals surface area (Å²) in [6.45, 7) is 6.39. The summed E-state index contributed by atoms with van der Waals surface area (Å²) in [5, 5.41) is 4.48. The van der Waals surface area contributed by atoms with Crippen LogP contribution in [0.15, 0.2) is 53.4 Å². The maximum Gasteiger partial charge on any atom is 0.240 e. The van der Waals surface area contributed by atoms with E-state index in [-0.39, 0.29) is 10.8 Å². The Balaban J connectivity index is 1.39. The van der Waals surface area contributed by atoms with E-state index in [4.69, 9.17) is 0 Å². The van der Waals surface area contributed by atoms with Gasteiger partial charge in [-0.15, -0.1) is 0 Å². The second kappa shape index (κ2) is 8.28. The highest BCUT2D eigenvalue weighted by atomic mass is 32.2. The second-order valence-corrected chi connectivity index (χ2v) is 9.63. The van der Waals surface area contributed by atoms with Gasteiger partial charge in [0.2, 0.25) is 15.9 Å². The molecule has 7 nitrogen and oxygen atoms in total. The van der Waals surface area contributed by atoms with Gasteiger partial charge in [-0.05, 0) is 74.2 Å². The highest BCUT2D eigenvalue weighted by Gasteiger charge is 2.24. The zero-order valence-electron chi connectivity index (χ0n) is 17.9. The van der Waals surface area contributed by atoms with Crippen LogP contribution in [0.4, 0.5) is 5.69 Å². The van der Waals surface area contributed by atoms with Crippen LogP contribution < -0.4 is 9.62 Å². The van der Waals surface area contributed by atoms with Gasteiger partial charge in [0.25, 0.3) is 0 Å². The molecule has 0 atom stereocenters. The van der Waals surface area contributed by atoms with E-state index >= 15 is 0 Å². The molecule has 3 aromatic rings. The molecule has 0 spiro atoms. The zero-order valence-corrected chi connectivity index (χ0v) is 18.7. The fourth-order valence-corrected chi connectivity index (χ4v) is 5.06. The Bertz CT molecular complexity index is 1230. The topological polar surface area (TPSA) is 84.3 Å². The SMILES string of the molecule is CC(=O)N1CCc2cc(S(=O)(=O)NCCc3ccc(-n4nc(C)cc4C)cc3)ccc21. The molecule has 1 amide bonds. The van der Waals surface area contributed by atoms with Crippen LogP contribution in [0.25, 0.3) is 5.69 Å². The lowest BCUT2D eigenvalue weighted by atomic mass is 10.1. The number of benzene rings is 2. The zero-order chi connectivity index (χ0) is 22.2. The first-order valence-corrected chi connectivity index (χ1v) is 11.8. The van der Waals surface area contributed by atoms with Crippen molar-refractivity contribution in [2.24, 2.45) is 0 Å². The van der Waals surface area contributed by atoms with E-state index < -0.39 is 10.0 Å². The van der Waals surface area contributed by atoms with Crippen LogP contribution in [0, 0.1) is 13.8 Å². The summed E-state index contributed by atoms with van der Waals surface area (Å²) in [6, 6.07) is 14.9. The van der Waals surface area contributed by atoms with Gasteiger partial charge in [0.05, 0.1) is 16.3 Å². The number of hydrogen-bond donors (Lipinski definition) is 1. The average Bonchev–Trinajstić information content (AvgIpc) is 3.30. The van der Waals surface area contributed by atoms with Gasteiger partial charge in [-0.1, -0.05) is 12.1 Å². The van der Waals surface area contributed by atoms with Gasteiger partial charge in [-0.25, -0.2) is 17.8 Å². The van der Waals surface area contributed by atoms with Gasteiger partial charge in [-0.2, -0.15) is 5.10 Å². The van der Waals surface area contributed by atoms with Crippen molar-refractivity contribution < 1.29 is 13.2 Å². The van der Waals surface area contributed by atoms with Crippen LogP contribution in [-0.2, 0) is 27.7 Å². The van der Waals surface area contributed by atoms with E-state index in [1.165, 1.54) is 6.92 Å². The third kappa shape index (κ3) is 4.40. The number of nitrogens with zero attached hydrogens (tertiary/aromatic N) is 3. The summed E-state index contributed by atoms with van der Waals surface area (Å²) in [5.41, 5.74) is 5.74. The van der Waals surface area contributed by atoms with Gasteiger partial charge in [0.15, 0.2) is 0 Å². The standard InChI is InChI=1S/C23H26N4O3S/c1-16-14-17(2)27(25-16)21-6-4-19(5-7-21)10-12-24-31(29,30)22-8-9-23-20(15-22)11-13-26(23)18(3)28/h4-9,14-15,24H,10-13H2,1-3H3. The van der Waals surface area contributed by atoms with E-state index in [0.717, 1.165) is 33.9 Å². The van der Waals surface area contributed by atoms with Crippen molar-refractivity contribution in [2.45, 2.75) is 38.5 Å². The lowest BCUT2D eigenvalue weighted by molar-refractivity contribution is -0.116. The van der Waals surface area contributed by atoms with E-state index in [0.29, 0.717) is 25.9 Å². The highest BCUT2D eigenvalue weighted by molar-refractivity contribution is 7.89. The first-order chi connectivity index (χ1) is 14.7. The number of carbonyl (C=O) groups excluding carboxylic acids is 1. The minimum atomic E-state index is -3.61. The Morgan fingerprint density at radius 2 is 1.84 bits per heavy atom. The molecule has 2 heterocycles. The van der Waals surface area contributed by atoms with Gasteiger partial charge >= 0.3 is 0 Å². The second-order valence-electron chi connectivity index (χ2n) is 7.86. The maximum atomic E-state index is 12.7. The summed E-state index contributed by atoms with van der Waals surface area (Å²) >= 11 is 0. The van der Waals surface area contributed by atoms with Crippen LogP contribution in [0.3, 0.4) is 0 Å². The van der Waals surface area contributed by atoms with Gasteiger partial charge in [0.1, 0.15) is 0 Å². The molecular weight excluding hydrogens is 412 g/mol. The molecule has 0 saturated carbocycles. The number of rotatable bonds is 6. The minimum Gasteiger partial charge on any atom is -0.312 e. The van der Waals surface area contributed by atoms with Crippen LogP contribution in [0.5, 0.6) is 0 Å². The quantitative estimate of drug-likeness (QED) is 0.641. The van der Waals surface area contributed by atoms with Gasteiger partial charge < -0.3 is 4.90 Å². The molecule has 0 fully saturated rings.